The number of hydrogen-bond donors (Lipinski definition) is 1. The van der Waals surface area contributed by atoms with Gasteiger partial charge in [0.05, 0.1) is 0 Å². The monoisotopic (exact) mass is 388 g/mol. The number of aromatic nitrogens is 1. The third kappa shape index (κ3) is 3.90. The predicted molar refractivity (Wildman–Crippen MR) is 116 cm³/mol. The van der Waals surface area contributed by atoms with Crippen LogP contribution in [-0.4, -0.2) is 24.1 Å². The summed E-state index contributed by atoms with van der Waals surface area (Å²) >= 11 is 0. The molecule has 5 rings (SSSR count). The molecule has 0 bridgehead atoms. The van der Waals surface area contributed by atoms with Crippen molar-refractivity contribution >= 4 is 17.2 Å². The highest BCUT2D eigenvalue weighted by molar-refractivity contribution is 5.57. The first-order valence-electron chi connectivity index (χ1n) is 10.3. The van der Waals surface area contributed by atoms with Gasteiger partial charge in [-0.3, -0.25) is 0 Å². The molecule has 5 heteroatoms. The van der Waals surface area contributed by atoms with Crippen LogP contribution < -0.4 is 15.1 Å². The lowest BCUT2D eigenvalue weighted by molar-refractivity contribution is 0.527. The summed E-state index contributed by atoms with van der Waals surface area (Å²) in [7, 11) is 0. The van der Waals surface area contributed by atoms with Gasteiger partial charge in [0.1, 0.15) is 11.6 Å². The second kappa shape index (κ2) is 7.74. The maximum Gasteiger partial charge on any atom is 0.128 e. The van der Waals surface area contributed by atoms with Crippen molar-refractivity contribution < 1.29 is 4.39 Å². The van der Waals surface area contributed by atoms with Gasteiger partial charge >= 0.3 is 0 Å². The molecule has 1 saturated heterocycles. The number of piperidine rings is 1. The van der Waals surface area contributed by atoms with Gasteiger partial charge in [-0.1, -0.05) is 30.3 Å². The van der Waals surface area contributed by atoms with Crippen LogP contribution in [0, 0.1) is 5.82 Å². The van der Waals surface area contributed by atoms with Gasteiger partial charge in [0.15, 0.2) is 0 Å². The van der Waals surface area contributed by atoms with Crippen LogP contribution in [0.4, 0.5) is 21.6 Å². The molecule has 2 aromatic carbocycles. The number of pyridine rings is 1. The largest absolute Gasteiger partial charge is 0.369 e. The van der Waals surface area contributed by atoms with Crippen molar-refractivity contribution in [2.24, 2.45) is 0 Å². The van der Waals surface area contributed by atoms with Crippen LogP contribution in [0.15, 0.2) is 66.9 Å². The molecule has 1 atom stereocenters. The molecule has 29 heavy (non-hydrogen) atoms. The molecule has 0 saturated carbocycles. The standard InChI is InChI=1S/C24H25FN4/c25-20-7-3-9-22(13-20)28-12-4-8-21(17-28)27-24-14-23(10-11-26-24)29-15-18-5-1-2-6-19(18)16-29/h1-3,5-7,9-11,13-14,21H,4,8,12,15-17H2,(H,26,27)/t21-/m1/s1. The van der Waals surface area contributed by atoms with E-state index in [4.69, 9.17) is 0 Å². The Morgan fingerprint density at radius 2 is 1.69 bits per heavy atom. The molecule has 3 aromatic rings. The Bertz CT molecular complexity index is 980. The Kier molecular flexibility index (Phi) is 4.80. The molecule has 0 spiro atoms. The minimum Gasteiger partial charge on any atom is -0.369 e. The number of benzene rings is 2. The molecule has 3 heterocycles. The molecule has 1 N–H and O–H groups in total. The van der Waals surface area contributed by atoms with E-state index in [1.54, 1.807) is 12.1 Å². The highest BCUT2D eigenvalue weighted by atomic mass is 19.1. The number of nitrogens with one attached hydrogen (secondary N) is 1. The molecule has 2 aliphatic rings. The minimum atomic E-state index is -0.182. The van der Waals surface area contributed by atoms with Gasteiger partial charge in [0.2, 0.25) is 0 Å². The summed E-state index contributed by atoms with van der Waals surface area (Å²) in [6.45, 7) is 3.69. The van der Waals surface area contributed by atoms with Crippen LogP contribution >= 0.6 is 0 Å². The normalized spacial score (nSPS) is 18.6. The van der Waals surface area contributed by atoms with Gasteiger partial charge in [0, 0.05) is 55.9 Å². The van der Waals surface area contributed by atoms with E-state index in [-0.39, 0.29) is 5.82 Å². The summed E-state index contributed by atoms with van der Waals surface area (Å²) in [5.74, 6) is 0.725. The van der Waals surface area contributed by atoms with Gasteiger partial charge in [0.25, 0.3) is 0 Å². The number of rotatable bonds is 4. The Balaban J connectivity index is 1.27. The highest BCUT2D eigenvalue weighted by Crippen LogP contribution is 2.29. The van der Waals surface area contributed by atoms with Gasteiger partial charge in [-0.2, -0.15) is 0 Å². The summed E-state index contributed by atoms with van der Waals surface area (Å²) in [6, 6.07) is 20.0. The molecule has 0 radical (unpaired) electrons. The zero-order valence-electron chi connectivity index (χ0n) is 16.4. The van der Waals surface area contributed by atoms with Crippen LogP contribution in [0.1, 0.15) is 24.0 Å². The summed E-state index contributed by atoms with van der Waals surface area (Å²) < 4.78 is 13.6. The third-order valence-electron chi connectivity index (χ3n) is 5.90. The maximum atomic E-state index is 13.6. The van der Waals surface area contributed by atoms with Gasteiger partial charge in [-0.15, -0.1) is 0 Å². The SMILES string of the molecule is Fc1cccc(N2CCC[C@@H](Nc3cc(N4Cc5ccccc5C4)ccn3)C2)c1. The Morgan fingerprint density at radius 1 is 0.897 bits per heavy atom. The van der Waals surface area contributed by atoms with Gasteiger partial charge < -0.3 is 15.1 Å². The molecular formula is C24H25FN4. The molecule has 148 valence electrons. The lowest BCUT2D eigenvalue weighted by atomic mass is 10.0. The summed E-state index contributed by atoms with van der Waals surface area (Å²) in [6.07, 6.45) is 4.05. The summed E-state index contributed by atoms with van der Waals surface area (Å²) in [5.41, 5.74) is 4.94. The van der Waals surface area contributed by atoms with Gasteiger partial charge in [-0.05, 0) is 48.2 Å². The lowest BCUT2D eigenvalue weighted by Gasteiger charge is -2.35. The first-order valence-corrected chi connectivity index (χ1v) is 10.3. The van der Waals surface area contributed by atoms with E-state index in [2.05, 4.69) is 56.5 Å². The fourth-order valence-electron chi connectivity index (χ4n) is 4.42. The van der Waals surface area contributed by atoms with Crippen LogP contribution in [0.2, 0.25) is 0 Å². The van der Waals surface area contributed by atoms with E-state index < -0.39 is 0 Å². The molecule has 1 fully saturated rings. The molecule has 4 nitrogen and oxygen atoms in total. The average Bonchev–Trinajstić information content (AvgIpc) is 3.19. The van der Waals surface area contributed by atoms with E-state index in [1.807, 2.05) is 12.3 Å². The van der Waals surface area contributed by atoms with Gasteiger partial charge in [-0.25, -0.2) is 9.37 Å². The van der Waals surface area contributed by atoms with E-state index in [0.29, 0.717) is 6.04 Å². The van der Waals surface area contributed by atoms with Crippen LogP contribution in [0.5, 0.6) is 0 Å². The van der Waals surface area contributed by atoms with Crippen molar-refractivity contribution in [3.63, 3.8) is 0 Å². The number of nitrogens with zero attached hydrogens (tertiary/aromatic N) is 3. The van der Waals surface area contributed by atoms with E-state index in [1.165, 1.54) is 22.9 Å². The Morgan fingerprint density at radius 3 is 2.48 bits per heavy atom. The minimum absolute atomic E-state index is 0.182. The number of hydrogen-bond acceptors (Lipinski definition) is 4. The Labute approximate surface area is 171 Å². The first kappa shape index (κ1) is 18.0. The molecule has 0 unspecified atom stereocenters. The van der Waals surface area contributed by atoms with Crippen LogP contribution in [0.25, 0.3) is 0 Å². The topological polar surface area (TPSA) is 31.4 Å². The van der Waals surface area contributed by atoms with Crippen molar-refractivity contribution in [1.82, 2.24) is 4.98 Å². The number of halogens is 1. The maximum absolute atomic E-state index is 13.6. The first-order chi connectivity index (χ1) is 14.2. The van der Waals surface area contributed by atoms with Crippen LogP contribution in [-0.2, 0) is 13.1 Å². The number of anilines is 3. The van der Waals surface area contributed by atoms with E-state index >= 15 is 0 Å². The molecule has 2 aliphatic heterocycles. The summed E-state index contributed by atoms with van der Waals surface area (Å²) in [5, 5.41) is 3.61. The molecule has 0 aliphatic carbocycles. The third-order valence-corrected chi connectivity index (χ3v) is 5.90. The number of fused-ring (bicyclic) bond motifs is 1. The fourth-order valence-corrected chi connectivity index (χ4v) is 4.42. The predicted octanol–water partition coefficient (Wildman–Crippen LogP) is 4.82. The highest BCUT2D eigenvalue weighted by Gasteiger charge is 2.22. The van der Waals surface area contributed by atoms with E-state index in [9.17, 15) is 4.39 Å². The zero-order chi connectivity index (χ0) is 19.6. The zero-order valence-corrected chi connectivity index (χ0v) is 16.4. The van der Waals surface area contributed by atoms with E-state index in [0.717, 1.165) is 50.5 Å². The van der Waals surface area contributed by atoms with Crippen molar-refractivity contribution in [3.05, 3.63) is 83.8 Å². The van der Waals surface area contributed by atoms with Crippen molar-refractivity contribution in [1.29, 1.82) is 0 Å². The molecule has 0 amide bonds. The molecular weight excluding hydrogens is 363 g/mol. The second-order valence-electron chi connectivity index (χ2n) is 7.93. The summed E-state index contributed by atoms with van der Waals surface area (Å²) in [4.78, 5) is 9.19. The lowest BCUT2D eigenvalue weighted by Crippen LogP contribution is -2.42. The Hall–Kier alpha value is -3.08. The average molecular weight is 388 g/mol. The smallest absolute Gasteiger partial charge is 0.128 e. The van der Waals surface area contributed by atoms with Crippen molar-refractivity contribution in [3.8, 4) is 0 Å². The molecule has 1 aromatic heterocycles. The quantitative estimate of drug-likeness (QED) is 0.694. The van der Waals surface area contributed by atoms with Crippen molar-refractivity contribution in [2.75, 3.05) is 28.2 Å². The van der Waals surface area contributed by atoms with Crippen molar-refractivity contribution in [2.45, 2.75) is 32.0 Å². The fraction of sp³-hybridized carbons (Fsp3) is 0.292. The second-order valence-corrected chi connectivity index (χ2v) is 7.93. The van der Waals surface area contributed by atoms with Crippen LogP contribution in [0.3, 0.4) is 0 Å².